The molecule has 0 bridgehead atoms. The van der Waals surface area contributed by atoms with Crippen LogP contribution in [0.5, 0.6) is 0 Å². The number of carbonyl (C=O) groups is 1. The van der Waals surface area contributed by atoms with Gasteiger partial charge in [0.2, 0.25) is 5.91 Å². The van der Waals surface area contributed by atoms with Crippen molar-refractivity contribution in [3.8, 4) is 0 Å². The van der Waals surface area contributed by atoms with Crippen molar-refractivity contribution in [2.45, 2.75) is 25.8 Å². The van der Waals surface area contributed by atoms with Crippen LogP contribution in [0.15, 0.2) is 0 Å². The second-order valence-corrected chi connectivity index (χ2v) is 4.55. The molecular formula is C10H18N2O2. The van der Waals surface area contributed by atoms with Gasteiger partial charge in [-0.1, -0.05) is 0 Å². The SMILES string of the molecule is CC1(C(=O)NC2COC2)CCCNC1. The fraction of sp³-hybridized carbons (Fsp3) is 0.900. The van der Waals surface area contributed by atoms with Crippen LogP contribution in [-0.2, 0) is 9.53 Å². The lowest BCUT2D eigenvalue weighted by molar-refractivity contribution is -0.135. The van der Waals surface area contributed by atoms with E-state index in [-0.39, 0.29) is 17.4 Å². The van der Waals surface area contributed by atoms with Gasteiger partial charge in [-0.2, -0.15) is 0 Å². The molecule has 2 saturated heterocycles. The molecule has 1 unspecified atom stereocenters. The van der Waals surface area contributed by atoms with E-state index in [4.69, 9.17) is 4.74 Å². The minimum Gasteiger partial charge on any atom is -0.377 e. The van der Waals surface area contributed by atoms with Crippen LogP contribution in [0, 0.1) is 5.41 Å². The van der Waals surface area contributed by atoms with Gasteiger partial charge in [0.25, 0.3) is 0 Å². The van der Waals surface area contributed by atoms with Gasteiger partial charge in [0.15, 0.2) is 0 Å². The van der Waals surface area contributed by atoms with E-state index in [1.807, 2.05) is 6.92 Å². The molecule has 2 fully saturated rings. The molecule has 2 aliphatic rings. The molecule has 14 heavy (non-hydrogen) atoms. The van der Waals surface area contributed by atoms with Crippen LogP contribution in [0.4, 0.5) is 0 Å². The van der Waals surface area contributed by atoms with E-state index >= 15 is 0 Å². The summed E-state index contributed by atoms with van der Waals surface area (Å²) in [6.07, 6.45) is 2.07. The lowest BCUT2D eigenvalue weighted by atomic mass is 9.81. The average molecular weight is 198 g/mol. The molecule has 1 amide bonds. The summed E-state index contributed by atoms with van der Waals surface area (Å²) in [6, 6.07) is 0.251. The lowest BCUT2D eigenvalue weighted by Crippen LogP contribution is -2.56. The van der Waals surface area contributed by atoms with Crippen molar-refractivity contribution in [1.82, 2.24) is 10.6 Å². The van der Waals surface area contributed by atoms with E-state index in [0.29, 0.717) is 13.2 Å². The van der Waals surface area contributed by atoms with Crippen LogP contribution in [0.1, 0.15) is 19.8 Å². The van der Waals surface area contributed by atoms with Crippen molar-refractivity contribution in [3.05, 3.63) is 0 Å². The van der Waals surface area contributed by atoms with E-state index in [1.54, 1.807) is 0 Å². The Bertz CT molecular complexity index is 220. The van der Waals surface area contributed by atoms with Gasteiger partial charge in [-0.15, -0.1) is 0 Å². The first-order valence-electron chi connectivity index (χ1n) is 5.30. The highest BCUT2D eigenvalue weighted by atomic mass is 16.5. The lowest BCUT2D eigenvalue weighted by Gasteiger charge is -2.36. The quantitative estimate of drug-likeness (QED) is 0.651. The molecule has 0 saturated carbocycles. The van der Waals surface area contributed by atoms with Gasteiger partial charge < -0.3 is 15.4 Å². The number of carbonyl (C=O) groups excluding carboxylic acids is 1. The summed E-state index contributed by atoms with van der Waals surface area (Å²) in [4.78, 5) is 11.9. The Kier molecular flexibility index (Phi) is 2.74. The van der Waals surface area contributed by atoms with E-state index in [9.17, 15) is 4.79 Å². The van der Waals surface area contributed by atoms with Crippen molar-refractivity contribution in [2.24, 2.45) is 5.41 Å². The molecule has 80 valence electrons. The van der Waals surface area contributed by atoms with E-state index in [1.165, 1.54) is 0 Å². The van der Waals surface area contributed by atoms with Crippen molar-refractivity contribution < 1.29 is 9.53 Å². The number of hydrogen-bond acceptors (Lipinski definition) is 3. The summed E-state index contributed by atoms with van der Waals surface area (Å²) < 4.78 is 5.03. The van der Waals surface area contributed by atoms with Crippen LogP contribution in [0.3, 0.4) is 0 Å². The number of rotatable bonds is 2. The van der Waals surface area contributed by atoms with Crippen LogP contribution >= 0.6 is 0 Å². The van der Waals surface area contributed by atoms with Crippen molar-refractivity contribution >= 4 is 5.91 Å². The molecule has 0 radical (unpaired) electrons. The Labute approximate surface area is 84.4 Å². The van der Waals surface area contributed by atoms with Gasteiger partial charge in [-0.3, -0.25) is 4.79 Å². The number of ether oxygens (including phenoxy) is 1. The van der Waals surface area contributed by atoms with Gasteiger partial charge in [0.1, 0.15) is 0 Å². The maximum atomic E-state index is 11.9. The molecule has 1 atom stereocenters. The predicted molar refractivity (Wildman–Crippen MR) is 53.0 cm³/mol. The standard InChI is InChI=1S/C10H18N2O2/c1-10(3-2-4-11-7-10)9(13)12-8-5-14-6-8/h8,11H,2-7H2,1H3,(H,12,13). The monoisotopic (exact) mass is 198 g/mol. The first-order valence-corrected chi connectivity index (χ1v) is 5.30. The Hall–Kier alpha value is -0.610. The van der Waals surface area contributed by atoms with Crippen molar-refractivity contribution in [2.75, 3.05) is 26.3 Å². The van der Waals surface area contributed by atoms with Crippen LogP contribution in [0.25, 0.3) is 0 Å². The molecule has 0 aromatic rings. The van der Waals surface area contributed by atoms with Gasteiger partial charge in [-0.25, -0.2) is 0 Å². The minimum atomic E-state index is -0.214. The summed E-state index contributed by atoms with van der Waals surface area (Å²) in [5.41, 5.74) is -0.214. The van der Waals surface area contributed by atoms with Crippen LogP contribution in [-0.4, -0.2) is 38.3 Å². The molecule has 0 aromatic heterocycles. The van der Waals surface area contributed by atoms with Gasteiger partial charge in [-0.05, 0) is 26.3 Å². The molecule has 2 aliphatic heterocycles. The number of nitrogens with one attached hydrogen (secondary N) is 2. The highest BCUT2D eigenvalue weighted by molar-refractivity contribution is 5.83. The summed E-state index contributed by atoms with van der Waals surface area (Å²) in [5, 5.41) is 6.30. The predicted octanol–water partition coefficient (Wildman–Crippen LogP) is -0.109. The van der Waals surface area contributed by atoms with E-state index in [0.717, 1.165) is 25.9 Å². The highest BCUT2D eigenvalue weighted by Crippen LogP contribution is 2.25. The first kappa shape index (κ1) is 9.93. The molecule has 2 N–H and O–H groups in total. The van der Waals surface area contributed by atoms with Crippen LogP contribution in [0.2, 0.25) is 0 Å². The molecule has 4 nitrogen and oxygen atoms in total. The third kappa shape index (κ3) is 1.91. The fourth-order valence-corrected chi connectivity index (χ4v) is 1.93. The Morgan fingerprint density at radius 1 is 1.57 bits per heavy atom. The van der Waals surface area contributed by atoms with Gasteiger partial charge >= 0.3 is 0 Å². The zero-order valence-corrected chi connectivity index (χ0v) is 8.64. The van der Waals surface area contributed by atoms with Crippen molar-refractivity contribution in [3.63, 3.8) is 0 Å². The van der Waals surface area contributed by atoms with E-state index < -0.39 is 0 Å². The average Bonchev–Trinajstić information content (AvgIpc) is 2.12. The maximum absolute atomic E-state index is 11.9. The van der Waals surface area contributed by atoms with Crippen LogP contribution < -0.4 is 10.6 Å². The smallest absolute Gasteiger partial charge is 0.227 e. The second-order valence-electron chi connectivity index (χ2n) is 4.55. The minimum absolute atomic E-state index is 0.179. The van der Waals surface area contributed by atoms with Gasteiger partial charge in [0.05, 0.1) is 24.7 Å². The largest absolute Gasteiger partial charge is 0.377 e. The molecule has 2 heterocycles. The Morgan fingerprint density at radius 3 is 2.86 bits per heavy atom. The van der Waals surface area contributed by atoms with E-state index in [2.05, 4.69) is 10.6 Å². The number of hydrogen-bond donors (Lipinski definition) is 2. The topological polar surface area (TPSA) is 50.4 Å². The zero-order chi connectivity index (χ0) is 10.0. The van der Waals surface area contributed by atoms with Gasteiger partial charge in [0, 0.05) is 6.54 Å². The zero-order valence-electron chi connectivity index (χ0n) is 8.64. The Morgan fingerprint density at radius 2 is 2.36 bits per heavy atom. The molecule has 0 aliphatic carbocycles. The summed E-state index contributed by atoms with van der Waals surface area (Å²) in [5.74, 6) is 0.179. The number of amides is 1. The maximum Gasteiger partial charge on any atom is 0.227 e. The first-order chi connectivity index (χ1) is 6.71. The summed E-state index contributed by atoms with van der Waals surface area (Å²) >= 11 is 0. The molecule has 0 spiro atoms. The molecule has 0 aromatic carbocycles. The third-order valence-corrected chi connectivity index (χ3v) is 3.12. The molecule has 4 heteroatoms. The Balaban J connectivity index is 1.87. The normalized spacial score (nSPS) is 33.5. The number of piperidine rings is 1. The fourth-order valence-electron chi connectivity index (χ4n) is 1.93. The van der Waals surface area contributed by atoms with Crippen molar-refractivity contribution in [1.29, 1.82) is 0 Å². The summed E-state index contributed by atoms with van der Waals surface area (Å²) in [6.45, 7) is 5.22. The summed E-state index contributed by atoms with van der Waals surface area (Å²) in [7, 11) is 0. The second kappa shape index (κ2) is 3.87. The molecular weight excluding hydrogens is 180 g/mol. The molecule has 2 rings (SSSR count). The third-order valence-electron chi connectivity index (χ3n) is 3.12. The highest BCUT2D eigenvalue weighted by Gasteiger charge is 2.36.